The van der Waals surface area contributed by atoms with Crippen molar-refractivity contribution in [2.24, 2.45) is 5.16 Å². The fourth-order valence-electron chi connectivity index (χ4n) is 3.56. The molecule has 0 spiro atoms. The summed E-state index contributed by atoms with van der Waals surface area (Å²) in [4.78, 5) is 67.7. The number of thioether (sulfide) groups is 1. The van der Waals surface area contributed by atoms with E-state index in [-0.39, 0.29) is 23.9 Å². The van der Waals surface area contributed by atoms with E-state index in [2.05, 4.69) is 25.4 Å². The first-order chi connectivity index (χ1) is 18.0. The van der Waals surface area contributed by atoms with Gasteiger partial charge in [-0.3, -0.25) is 19.5 Å². The third-order valence-corrected chi connectivity index (χ3v) is 6.92. The summed E-state index contributed by atoms with van der Waals surface area (Å²) in [7, 11) is 0. The Morgan fingerprint density at radius 2 is 2.00 bits per heavy atom. The molecule has 2 aromatic rings. The van der Waals surface area contributed by atoms with Crippen LogP contribution in [0.1, 0.15) is 19.7 Å². The van der Waals surface area contributed by atoms with Crippen LogP contribution in [-0.4, -0.2) is 82.3 Å². The molecule has 16 heteroatoms. The Bertz CT molecular complexity index is 1360. The van der Waals surface area contributed by atoms with Crippen LogP contribution in [0.3, 0.4) is 0 Å². The lowest BCUT2D eigenvalue weighted by molar-refractivity contribution is -0.689. The highest BCUT2D eigenvalue weighted by atomic mass is 32.2. The maximum absolute atomic E-state index is 13.2. The number of aromatic nitrogens is 4. The Morgan fingerprint density at radius 3 is 2.63 bits per heavy atom. The van der Waals surface area contributed by atoms with Crippen LogP contribution >= 0.6 is 11.8 Å². The number of aliphatic carboxylic acids is 2. The standard InChI is InChI=1S/C22H22N8O7S/c1-22(2,21(35)36)37-28-13(16-25-4-3-12(23)26-16)17(31)27-14-18(32)30-15(20(33)34)11(10-38-19(14)30)9-29-7-5-24-6-8-29/h3-8,14,19H,9-10H2,1-2H3,(H4-,23,25,26,27,31,33,34,35,36)/p+1/t14?,19-/m0/s1. The molecule has 0 radical (unpaired) electrons. The quantitative estimate of drug-likeness (QED) is 0.127. The van der Waals surface area contributed by atoms with Crippen LogP contribution in [0.5, 0.6) is 0 Å². The molecule has 2 amide bonds. The fourth-order valence-corrected chi connectivity index (χ4v) is 4.89. The number of carbonyl (C=O) groups excluding carboxylic acids is 2. The van der Waals surface area contributed by atoms with E-state index < -0.39 is 46.5 Å². The number of carbonyl (C=O) groups is 4. The van der Waals surface area contributed by atoms with Crippen molar-refractivity contribution < 1.29 is 38.8 Å². The van der Waals surface area contributed by atoms with Gasteiger partial charge < -0.3 is 26.1 Å². The lowest BCUT2D eigenvalue weighted by Gasteiger charge is -2.49. The van der Waals surface area contributed by atoms with Crippen LogP contribution in [0.4, 0.5) is 5.82 Å². The number of nitrogens with zero attached hydrogens (tertiary/aromatic N) is 6. The second kappa shape index (κ2) is 10.4. The smallest absolute Gasteiger partial charge is 0.352 e. The van der Waals surface area contributed by atoms with Gasteiger partial charge in [-0.2, -0.15) is 4.57 Å². The fraction of sp³-hybridized carbons (Fsp3) is 0.318. The summed E-state index contributed by atoms with van der Waals surface area (Å²) >= 11 is 1.29. The molecule has 4 rings (SSSR count). The minimum absolute atomic E-state index is 0.0116. The van der Waals surface area contributed by atoms with Gasteiger partial charge in [0.25, 0.3) is 11.8 Å². The maximum atomic E-state index is 13.2. The molecule has 0 bridgehead atoms. The third kappa shape index (κ3) is 5.24. The maximum Gasteiger partial charge on any atom is 0.352 e. The lowest BCUT2D eigenvalue weighted by Crippen LogP contribution is -2.71. The number of nitrogens with two attached hydrogens (primary N) is 1. The molecule has 1 fully saturated rings. The van der Waals surface area contributed by atoms with Crippen LogP contribution < -0.4 is 15.6 Å². The van der Waals surface area contributed by atoms with E-state index in [9.17, 15) is 29.4 Å². The summed E-state index contributed by atoms with van der Waals surface area (Å²) in [5.74, 6) is -4.12. The van der Waals surface area contributed by atoms with Crippen molar-refractivity contribution in [1.29, 1.82) is 0 Å². The first kappa shape index (κ1) is 26.5. The number of β-lactam (4-membered cyclic amide) rings is 1. The molecular weight excluding hydrogens is 520 g/mol. The van der Waals surface area contributed by atoms with Crippen molar-refractivity contribution in [2.75, 3.05) is 11.5 Å². The Hall–Kier alpha value is -4.60. The number of oxime groups is 1. The molecule has 38 heavy (non-hydrogen) atoms. The van der Waals surface area contributed by atoms with Crippen LogP contribution in [0.15, 0.2) is 53.5 Å². The van der Waals surface area contributed by atoms with E-state index in [1.165, 1.54) is 37.9 Å². The van der Waals surface area contributed by atoms with Crippen LogP contribution in [0.25, 0.3) is 0 Å². The number of carboxylic acids is 2. The van der Waals surface area contributed by atoms with Crippen molar-refractivity contribution in [2.45, 2.75) is 37.4 Å². The van der Waals surface area contributed by atoms with Gasteiger partial charge >= 0.3 is 11.9 Å². The topological polar surface area (TPSA) is 214 Å². The van der Waals surface area contributed by atoms with Gasteiger partial charge in [0, 0.05) is 17.5 Å². The summed E-state index contributed by atoms with van der Waals surface area (Å²) in [6.45, 7) is 2.69. The van der Waals surface area contributed by atoms with Crippen molar-refractivity contribution in [3.63, 3.8) is 0 Å². The number of nitrogens with one attached hydrogen (secondary N) is 1. The predicted molar refractivity (Wildman–Crippen MR) is 130 cm³/mol. The Kier molecular flexibility index (Phi) is 7.25. The second-order valence-electron chi connectivity index (χ2n) is 8.69. The van der Waals surface area contributed by atoms with Gasteiger partial charge in [-0.25, -0.2) is 19.6 Å². The van der Waals surface area contributed by atoms with E-state index >= 15 is 0 Å². The highest BCUT2D eigenvalue weighted by molar-refractivity contribution is 8.00. The number of hydrogen-bond acceptors (Lipinski definition) is 11. The summed E-state index contributed by atoms with van der Waals surface area (Å²) in [6.07, 6.45) is 7.74. The average molecular weight is 544 g/mol. The van der Waals surface area contributed by atoms with E-state index in [0.29, 0.717) is 11.3 Å². The highest BCUT2D eigenvalue weighted by Crippen LogP contribution is 2.40. The normalized spacial score (nSPS) is 19.4. The van der Waals surface area contributed by atoms with Gasteiger partial charge in [0.15, 0.2) is 24.8 Å². The van der Waals surface area contributed by atoms with Crippen LogP contribution in [0, 0.1) is 0 Å². The molecule has 5 N–H and O–H groups in total. The van der Waals surface area contributed by atoms with Crippen LogP contribution in [0.2, 0.25) is 0 Å². The number of fused-ring (bicyclic) bond motifs is 1. The molecule has 0 saturated carbocycles. The van der Waals surface area contributed by atoms with Crippen LogP contribution in [-0.2, 0) is 30.6 Å². The van der Waals surface area contributed by atoms with E-state index in [1.807, 2.05) is 0 Å². The number of rotatable bonds is 9. The molecule has 2 aromatic heterocycles. The molecular formula is C22H23N8O7S+. The monoisotopic (exact) mass is 543 g/mol. The second-order valence-corrected chi connectivity index (χ2v) is 9.79. The predicted octanol–water partition coefficient (Wildman–Crippen LogP) is -1.24. The van der Waals surface area contributed by atoms with Gasteiger partial charge in [-0.15, -0.1) is 11.8 Å². The molecule has 4 heterocycles. The van der Waals surface area contributed by atoms with Gasteiger partial charge in [-0.05, 0) is 19.9 Å². The van der Waals surface area contributed by atoms with Crippen molar-refractivity contribution in [1.82, 2.24) is 25.2 Å². The zero-order chi connectivity index (χ0) is 27.6. The Balaban J connectivity index is 1.57. The van der Waals surface area contributed by atoms with Crippen molar-refractivity contribution >= 4 is 47.0 Å². The van der Waals surface area contributed by atoms with Crippen molar-refractivity contribution in [3.8, 4) is 0 Å². The van der Waals surface area contributed by atoms with Crippen molar-refractivity contribution in [3.05, 3.63) is 54.1 Å². The SMILES string of the molecule is CC(C)(ON=C(C(=O)NC1C(=O)N2C(C(=O)O)=C(C[n+]3ccncc3)CS[C@@H]12)c1nccc(N)n1)C(=O)O. The Morgan fingerprint density at radius 1 is 1.29 bits per heavy atom. The van der Waals surface area contributed by atoms with Gasteiger partial charge in [-0.1, -0.05) is 5.16 Å². The molecule has 2 aliphatic rings. The molecule has 0 aliphatic carbocycles. The zero-order valence-corrected chi connectivity index (χ0v) is 21.0. The summed E-state index contributed by atoms with van der Waals surface area (Å²) in [6, 6.07) is 0.282. The summed E-state index contributed by atoms with van der Waals surface area (Å²) in [5.41, 5.74) is 3.76. The summed E-state index contributed by atoms with van der Waals surface area (Å²) in [5, 5.41) is 24.7. The minimum atomic E-state index is -1.79. The first-order valence-corrected chi connectivity index (χ1v) is 12.1. The average Bonchev–Trinajstić information content (AvgIpc) is 2.87. The third-order valence-electron chi connectivity index (χ3n) is 5.58. The highest BCUT2D eigenvalue weighted by Gasteiger charge is 2.55. The molecule has 2 atom stereocenters. The van der Waals surface area contributed by atoms with Gasteiger partial charge in [0.2, 0.25) is 11.3 Å². The number of carboxylic acid groups (broad SMARTS) is 2. The molecule has 0 aromatic carbocycles. The zero-order valence-electron chi connectivity index (χ0n) is 20.1. The first-order valence-electron chi connectivity index (χ1n) is 11.1. The molecule has 15 nitrogen and oxygen atoms in total. The van der Waals surface area contributed by atoms with Gasteiger partial charge in [0.05, 0.1) is 12.4 Å². The van der Waals surface area contributed by atoms with E-state index in [4.69, 9.17) is 10.6 Å². The molecule has 198 valence electrons. The molecule has 1 saturated heterocycles. The number of hydrogen-bond donors (Lipinski definition) is 4. The summed E-state index contributed by atoms with van der Waals surface area (Å²) < 4.78 is 1.74. The van der Waals surface area contributed by atoms with E-state index in [0.717, 1.165) is 4.90 Å². The minimum Gasteiger partial charge on any atom is -0.478 e. The number of nitrogen functional groups attached to an aromatic ring is 1. The molecule has 1 unspecified atom stereocenters. The molecule has 2 aliphatic heterocycles. The number of amides is 2. The largest absolute Gasteiger partial charge is 0.478 e. The van der Waals surface area contributed by atoms with E-state index in [1.54, 1.807) is 29.4 Å². The Labute approximate surface area is 219 Å². The number of anilines is 1. The van der Waals surface area contributed by atoms with Gasteiger partial charge in [0.1, 0.15) is 22.9 Å². The lowest BCUT2D eigenvalue weighted by atomic mass is 10.0.